The fourth-order valence-corrected chi connectivity index (χ4v) is 1.85. The number of amides is 1. The van der Waals surface area contributed by atoms with Gasteiger partial charge >= 0.3 is 0 Å². The molecular weight excluding hydrogens is 226 g/mol. The highest BCUT2D eigenvalue weighted by molar-refractivity contribution is 6.07. The maximum absolute atomic E-state index is 12.4. The van der Waals surface area contributed by atoms with Crippen molar-refractivity contribution in [1.82, 2.24) is 0 Å². The monoisotopic (exact) mass is 241 g/mol. The van der Waals surface area contributed by atoms with Gasteiger partial charge in [-0.25, -0.2) is 0 Å². The Balaban J connectivity index is 2.35. The summed E-state index contributed by atoms with van der Waals surface area (Å²) in [6.45, 7) is 2.46. The smallest absolute Gasteiger partial charge is 0.262 e. The van der Waals surface area contributed by atoms with Crippen molar-refractivity contribution in [3.8, 4) is 5.75 Å². The standard InChI is InChI=1S/C15H15NO2/c1-2-16(12-8-4-3-5-9-12)15(18)13-10-6-7-11-14(13)17/h3-11,17H,2H2,1H3. The highest BCUT2D eigenvalue weighted by Gasteiger charge is 2.18. The third-order valence-electron chi connectivity index (χ3n) is 2.76. The summed E-state index contributed by atoms with van der Waals surface area (Å²) < 4.78 is 0. The number of rotatable bonds is 3. The van der Waals surface area contributed by atoms with E-state index < -0.39 is 0 Å². The summed E-state index contributed by atoms with van der Waals surface area (Å²) in [5.41, 5.74) is 1.15. The largest absolute Gasteiger partial charge is 0.507 e. The zero-order chi connectivity index (χ0) is 13.0. The molecule has 0 fully saturated rings. The van der Waals surface area contributed by atoms with Crippen LogP contribution in [0, 0.1) is 0 Å². The predicted molar refractivity (Wildman–Crippen MR) is 71.9 cm³/mol. The molecule has 2 rings (SSSR count). The minimum atomic E-state index is -0.193. The van der Waals surface area contributed by atoms with E-state index in [-0.39, 0.29) is 11.7 Å². The van der Waals surface area contributed by atoms with E-state index in [2.05, 4.69) is 0 Å². The van der Waals surface area contributed by atoms with E-state index in [0.29, 0.717) is 12.1 Å². The van der Waals surface area contributed by atoms with Crippen molar-refractivity contribution in [3.05, 3.63) is 60.2 Å². The van der Waals surface area contributed by atoms with E-state index in [0.717, 1.165) is 5.69 Å². The lowest BCUT2D eigenvalue weighted by molar-refractivity contribution is 0.0986. The van der Waals surface area contributed by atoms with E-state index in [9.17, 15) is 9.90 Å². The molecule has 0 bridgehead atoms. The molecule has 2 aromatic rings. The molecule has 0 saturated heterocycles. The number of hydrogen-bond acceptors (Lipinski definition) is 2. The van der Waals surface area contributed by atoms with Gasteiger partial charge < -0.3 is 10.0 Å². The van der Waals surface area contributed by atoms with Gasteiger partial charge in [-0.3, -0.25) is 4.79 Å². The average molecular weight is 241 g/mol. The number of carbonyl (C=O) groups excluding carboxylic acids is 1. The Hall–Kier alpha value is -2.29. The minimum absolute atomic E-state index is 0.0110. The van der Waals surface area contributed by atoms with Gasteiger partial charge in [-0.05, 0) is 31.2 Å². The molecular formula is C15H15NO2. The van der Waals surface area contributed by atoms with Crippen molar-refractivity contribution in [2.75, 3.05) is 11.4 Å². The molecule has 0 aliphatic rings. The Bertz CT molecular complexity index is 537. The molecule has 18 heavy (non-hydrogen) atoms. The van der Waals surface area contributed by atoms with Crippen LogP contribution in [0.2, 0.25) is 0 Å². The predicted octanol–water partition coefficient (Wildman–Crippen LogP) is 3.06. The fourth-order valence-electron chi connectivity index (χ4n) is 1.85. The summed E-state index contributed by atoms with van der Waals surface area (Å²) in [5.74, 6) is -0.182. The number of hydrogen-bond donors (Lipinski definition) is 1. The van der Waals surface area contributed by atoms with Crippen molar-refractivity contribution >= 4 is 11.6 Å². The number of benzene rings is 2. The van der Waals surface area contributed by atoms with Gasteiger partial charge in [0.15, 0.2) is 0 Å². The second-order valence-corrected chi connectivity index (χ2v) is 3.90. The number of anilines is 1. The van der Waals surface area contributed by atoms with Gasteiger partial charge in [0.2, 0.25) is 0 Å². The normalized spacial score (nSPS) is 10.1. The average Bonchev–Trinajstić information content (AvgIpc) is 2.41. The molecule has 0 heterocycles. The number of nitrogens with zero attached hydrogens (tertiary/aromatic N) is 1. The summed E-state index contributed by atoms with van der Waals surface area (Å²) in [6.07, 6.45) is 0. The third kappa shape index (κ3) is 2.35. The van der Waals surface area contributed by atoms with E-state index >= 15 is 0 Å². The maximum atomic E-state index is 12.4. The van der Waals surface area contributed by atoms with Crippen molar-refractivity contribution < 1.29 is 9.90 Å². The van der Waals surface area contributed by atoms with Crippen LogP contribution < -0.4 is 4.90 Å². The molecule has 0 unspecified atom stereocenters. The van der Waals surface area contributed by atoms with Crippen molar-refractivity contribution in [2.24, 2.45) is 0 Å². The Morgan fingerprint density at radius 2 is 1.67 bits per heavy atom. The van der Waals surface area contributed by atoms with Gasteiger partial charge in [0.05, 0.1) is 5.56 Å². The second kappa shape index (κ2) is 5.36. The Morgan fingerprint density at radius 3 is 2.28 bits per heavy atom. The van der Waals surface area contributed by atoms with Crippen LogP contribution in [-0.4, -0.2) is 17.6 Å². The number of phenols is 1. The molecule has 0 atom stereocenters. The highest BCUT2D eigenvalue weighted by Crippen LogP contribution is 2.21. The molecule has 0 aromatic heterocycles. The summed E-state index contributed by atoms with van der Waals surface area (Å²) in [7, 11) is 0. The summed E-state index contributed by atoms with van der Waals surface area (Å²) in [6, 6.07) is 16.0. The van der Waals surface area contributed by atoms with Crippen LogP contribution in [0.5, 0.6) is 5.75 Å². The Morgan fingerprint density at radius 1 is 1.06 bits per heavy atom. The van der Waals surface area contributed by atoms with Gasteiger partial charge in [0.25, 0.3) is 5.91 Å². The molecule has 0 radical (unpaired) electrons. The van der Waals surface area contributed by atoms with Crippen LogP contribution in [0.4, 0.5) is 5.69 Å². The zero-order valence-corrected chi connectivity index (χ0v) is 10.2. The first kappa shape index (κ1) is 12.2. The maximum Gasteiger partial charge on any atom is 0.262 e. The molecule has 1 amide bonds. The molecule has 0 aliphatic carbocycles. The first-order chi connectivity index (χ1) is 8.74. The van der Waals surface area contributed by atoms with Crippen LogP contribution in [-0.2, 0) is 0 Å². The van der Waals surface area contributed by atoms with Gasteiger partial charge in [0, 0.05) is 12.2 Å². The van der Waals surface area contributed by atoms with Gasteiger partial charge in [-0.15, -0.1) is 0 Å². The topological polar surface area (TPSA) is 40.5 Å². The summed E-state index contributed by atoms with van der Waals surface area (Å²) >= 11 is 0. The third-order valence-corrected chi connectivity index (χ3v) is 2.76. The van der Waals surface area contributed by atoms with Crippen LogP contribution in [0.3, 0.4) is 0 Å². The van der Waals surface area contributed by atoms with E-state index in [1.165, 1.54) is 6.07 Å². The van der Waals surface area contributed by atoms with E-state index in [1.807, 2.05) is 37.3 Å². The molecule has 1 N–H and O–H groups in total. The van der Waals surface area contributed by atoms with Crippen LogP contribution in [0.1, 0.15) is 17.3 Å². The first-order valence-corrected chi connectivity index (χ1v) is 5.89. The first-order valence-electron chi connectivity index (χ1n) is 5.89. The van der Waals surface area contributed by atoms with Crippen LogP contribution >= 0.6 is 0 Å². The van der Waals surface area contributed by atoms with Crippen LogP contribution in [0.15, 0.2) is 54.6 Å². The molecule has 92 valence electrons. The number of carbonyl (C=O) groups is 1. The van der Waals surface area contributed by atoms with Gasteiger partial charge in [-0.1, -0.05) is 30.3 Å². The lowest BCUT2D eigenvalue weighted by Crippen LogP contribution is -2.30. The molecule has 3 nitrogen and oxygen atoms in total. The quantitative estimate of drug-likeness (QED) is 0.897. The van der Waals surface area contributed by atoms with Crippen molar-refractivity contribution in [1.29, 1.82) is 0 Å². The Kier molecular flexibility index (Phi) is 3.63. The highest BCUT2D eigenvalue weighted by atomic mass is 16.3. The zero-order valence-electron chi connectivity index (χ0n) is 10.2. The molecule has 2 aromatic carbocycles. The van der Waals surface area contributed by atoms with Gasteiger partial charge in [0.1, 0.15) is 5.75 Å². The van der Waals surface area contributed by atoms with Crippen molar-refractivity contribution in [3.63, 3.8) is 0 Å². The molecule has 0 aliphatic heterocycles. The SMILES string of the molecule is CCN(C(=O)c1ccccc1O)c1ccccc1. The molecule has 3 heteroatoms. The van der Waals surface area contributed by atoms with E-state index in [4.69, 9.17) is 0 Å². The van der Waals surface area contributed by atoms with Gasteiger partial charge in [-0.2, -0.15) is 0 Å². The number of phenolic OH excluding ortho intramolecular Hbond substituents is 1. The number of para-hydroxylation sites is 2. The fraction of sp³-hybridized carbons (Fsp3) is 0.133. The minimum Gasteiger partial charge on any atom is -0.507 e. The lowest BCUT2D eigenvalue weighted by atomic mass is 10.1. The van der Waals surface area contributed by atoms with Crippen molar-refractivity contribution in [2.45, 2.75) is 6.92 Å². The van der Waals surface area contributed by atoms with Crippen LogP contribution in [0.25, 0.3) is 0 Å². The lowest BCUT2D eigenvalue weighted by Gasteiger charge is -2.21. The summed E-state index contributed by atoms with van der Waals surface area (Å²) in [5, 5.41) is 9.72. The number of aromatic hydroxyl groups is 1. The Labute approximate surface area is 106 Å². The van der Waals surface area contributed by atoms with E-state index in [1.54, 1.807) is 23.1 Å². The molecule has 0 saturated carbocycles. The summed E-state index contributed by atoms with van der Waals surface area (Å²) in [4.78, 5) is 14.0. The molecule has 0 spiro atoms. The second-order valence-electron chi connectivity index (χ2n) is 3.90.